The van der Waals surface area contributed by atoms with Crippen LogP contribution in [0.1, 0.15) is 27.5 Å². The Morgan fingerprint density at radius 3 is 2.21 bits per heavy atom. The minimum Gasteiger partial charge on any atom is -0.452 e. The van der Waals surface area contributed by atoms with E-state index in [4.69, 9.17) is 27.9 Å². The minimum atomic E-state index is -1.01. The van der Waals surface area contributed by atoms with Crippen LogP contribution in [-0.4, -0.2) is 18.5 Å². The van der Waals surface area contributed by atoms with Crippen molar-refractivity contribution in [2.45, 2.75) is 6.04 Å². The van der Waals surface area contributed by atoms with Gasteiger partial charge in [-0.2, -0.15) is 0 Å². The molecule has 0 fully saturated rings. The Balaban J connectivity index is 1.72. The fraction of sp³-hybridized carbons (Fsp3) is 0.0909. The molecule has 0 saturated heterocycles. The van der Waals surface area contributed by atoms with E-state index in [-0.39, 0.29) is 5.02 Å². The molecule has 1 unspecified atom stereocenters. The number of halogens is 3. The normalized spacial score (nSPS) is 11.6. The van der Waals surface area contributed by atoms with Crippen molar-refractivity contribution in [1.29, 1.82) is 0 Å². The van der Waals surface area contributed by atoms with Gasteiger partial charge in [0, 0.05) is 5.02 Å². The lowest BCUT2D eigenvalue weighted by Gasteiger charge is -2.20. The highest BCUT2D eigenvalue weighted by Crippen LogP contribution is 2.24. The average Bonchev–Trinajstić information content (AvgIpc) is 2.72. The predicted molar refractivity (Wildman–Crippen MR) is 110 cm³/mol. The number of ether oxygens (including phenoxy) is 1. The number of hydrogen-bond donors (Lipinski definition) is 1. The van der Waals surface area contributed by atoms with Gasteiger partial charge in [-0.1, -0.05) is 71.7 Å². The minimum absolute atomic E-state index is 0.0845. The zero-order chi connectivity index (χ0) is 20.8. The molecule has 3 aromatic carbocycles. The summed E-state index contributed by atoms with van der Waals surface area (Å²) >= 11 is 11.8. The van der Waals surface area contributed by atoms with Gasteiger partial charge in [0.1, 0.15) is 11.4 Å². The molecule has 0 radical (unpaired) electrons. The molecule has 7 heteroatoms. The fourth-order valence-corrected chi connectivity index (χ4v) is 3.12. The van der Waals surface area contributed by atoms with Gasteiger partial charge in [-0.15, -0.1) is 0 Å². The summed E-state index contributed by atoms with van der Waals surface area (Å²) in [7, 11) is 0. The first-order valence-electron chi connectivity index (χ1n) is 8.66. The van der Waals surface area contributed by atoms with Gasteiger partial charge in [-0.25, -0.2) is 9.18 Å². The molecular weight excluding hydrogens is 416 g/mol. The zero-order valence-corrected chi connectivity index (χ0v) is 16.6. The van der Waals surface area contributed by atoms with E-state index in [1.165, 1.54) is 12.1 Å². The summed E-state index contributed by atoms with van der Waals surface area (Å²) in [4.78, 5) is 24.5. The third-order valence-electron chi connectivity index (χ3n) is 4.14. The third-order valence-corrected chi connectivity index (χ3v) is 4.71. The molecule has 0 aromatic heterocycles. The van der Waals surface area contributed by atoms with Crippen LogP contribution < -0.4 is 5.32 Å². The number of hydrogen-bond acceptors (Lipinski definition) is 3. The van der Waals surface area contributed by atoms with Gasteiger partial charge in [-0.05, 0) is 35.4 Å². The molecule has 0 aliphatic rings. The quantitative estimate of drug-likeness (QED) is 0.546. The highest BCUT2D eigenvalue weighted by Gasteiger charge is 2.21. The summed E-state index contributed by atoms with van der Waals surface area (Å²) in [6.45, 7) is -0.583. The van der Waals surface area contributed by atoms with Gasteiger partial charge in [-0.3, -0.25) is 4.79 Å². The lowest BCUT2D eigenvalue weighted by Crippen LogP contribution is -2.33. The van der Waals surface area contributed by atoms with Crippen LogP contribution >= 0.6 is 23.2 Å². The summed E-state index contributed by atoms with van der Waals surface area (Å²) < 4.78 is 18.8. The van der Waals surface area contributed by atoms with Gasteiger partial charge in [0.25, 0.3) is 5.91 Å². The third kappa shape index (κ3) is 5.34. The maximum Gasteiger partial charge on any atom is 0.343 e. The van der Waals surface area contributed by atoms with Crippen molar-refractivity contribution < 1.29 is 18.7 Å². The Hall–Kier alpha value is -2.89. The van der Waals surface area contributed by atoms with Crippen molar-refractivity contribution in [3.8, 4) is 0 Å². The van der Waals surface area contributed by atoms with Crippen LogP contribution in [0.5, 0.6) is 0 Å². The SMILES string of the molecule is O=C(COC(=O)c1c(F)cccc1Cl)NC(c1ccccc1)c1ccc(Cl)cc1. The Labute approximate surface area is 177 Å². The molecule has 3 aromatic rings. The molecule has 0 aliphatic carbocycles. The Bertz CT molecular complexity index is 990. The average molecular weight is 432 g/mol. The molecular formula is C22H16Cl2FNO3. The molecule has 0 bridgehead atoms. The van der Waals surface area contributed by atoms with Gasteiger partial charge in [0.2, 0.25) is 0 Å². The van der Waals surface area contributed by atoms with Gasteiger partial charge in [0.05, 0.1) is 11.1 Å². The monoisotopic (exact) mass is 431 g/mol. The van der Waals surface area contributed by atoms with E-state index in [9.17, 15) is 14.0 Å². The largest absolute Gasteiger partial charge is 0.452 e. The van der Waals surface area contributed by atoms with E-state index in [1.807, 2.05) is 30.3 Å². The van der Waals surface area contributed by atoms with Crippen molar-refractivity contribution in [1.82, 2.24) is 5.32 Å². The van der Waals surface area contributed by atoms with Crippen molar-refractivity contribution in [2.75, 3.05) is 6.61 Å². The van der Waals surface area contributed by atoms with Gasteiger partial charge >= 0.3 is 5.97 Å². The van der Waals surface area contributed by atoms with E-state index in [2.05, 4.69) is 5.32 Å². The van der Waals surface area contributed by atoms with Crippen molar-refractivity contribution in [3.05, 3.63) is 105 Å². The topological polar surface area (TPSA) is 55.4 Å². The maximum absolute atomic E-state index is 13.8. The number of carbonyl (C=O) groups is 2. The first kappa shape index (κ1) is 20.8. The summed E-state index contributed by atoms with van der Waals surface area (Å²) in [5.74, 6) is -2.37. The number of amides is 1. The van der Waals surface area contributed by atoms with Crippen LogP contribution in [0.15, 0.2) is 72.8 Å². The van der Waals surface area contributed by atoms with Gasteiger partial charge in [0.15, 0.2) is 6.61 Å². The van der Waals surface area contributed by atoms with E-state index in [0.717, 1.165) is 17.2 Å². The van der Waals surface area contributed by atoms with E-state index in [1.54, 1.807) is 24.3 Å². The Morgan fingerprint density at radius 1 is 0.897 bits per heavy atom. The van der Waals surface area contributed by atoms with Crippen LogP contribution in [0.25, 0.3) is 0 Å². The maximum atomic E-state index is 13.8. The van der Waals surface area contributed by atoms with Crippen LogP contribution in [0.3, 0.4) is 0 Å². The van der Waals surface area contributed by atoms with Crippen molar-refractivity contribution in [2.24, 2.45) is 0 Å². The molecule has 1 N–H and O–H groups in total. The lowest BCUT2D eigenvalue weighted by molar-refractivity contribution is -0.124. The number of nitrogens with one attached hydrogen (secondary N) is 1. The summed E-state index contributed by atoms with van der Waals surface area (Å²) in [5, 5.41) is 3.31. The van der Waals surface area contributed by atoms with Crippen LogP contribution in [-0.2, 0) is 9.53 Å². The molecule has 0 saturated carbocycles. The van der Waals surface area contributed by atoms with Crippen molar-refractivity contribution in [3.63, 3.8) is 0 Å². The zero-order valence-electron chi connectivity index (χ0n) is 15.1. The first-order chi connectivity index (χ1) is 14.0. The van der Waals surface area contributed by atoms with E-state index >= 15 is 0 Å². The lowest BCUT2D eigenvalue weighted by atomic mass is 9.99. The highest BCUT2D eigenvalue weighted by atomic mass is 35.5. The smallest absolute Gasteiger partial charge is 0.343 e. The molecule has 0 heterocycles. The number of carbonyl (C=O) groups excluding carboxylic acids is 2. The molecule has 1 amide bonds. The molecule has 29 heavy (non-hydrogen) atoms. The fourth-order valence-electron chi connectivity index (χ4n) is 2.76. The summed E-state index contributed by atoms with van der Waals surface area (Å²) in [5.41, 5.74) is 1.24. The molecule has 1 atom stereocenters. The second-order valence-electron chi connectivity index (χ2n) is 6.14. The van der Waals surface area contributed by atoms with Crippen LogP contribution in [0, 0.1) is 5.82 Å². The number of esters is 1. The van der Waals surface area contributed by atoms with Crippen molar-refractivity contribution >= 4 is 35.1 Å². The molecule has 4 nitrogen and oxygen atoms in total. The second kappa shape index (κ2) is 9.54. The number of benzene rings is 3. The summed E-state index contributed by atoms with van der Waals surface area (Å²) in [6, 6.07) is 19.7. The van der Waals surface area contributed by atoms with Crippen LogP contribution in [0.2, 0.25) is 10.0 Å². The molecule has 0 aliphatic heterocycles. The molecule has 148 valence electrons. The molecule has 0 spiro atoms. The second-order valence-corrected chi connectivity index (χ2v) is 6.98. The molecule has 3 rings (SSSR count). The Kier molecular flexibility index (Phi) is 6.86. The highest BCUT2D eigenvalue weighted by molar-refractivity contribution is 6.33. The first-order valence-corrected chi connectivity index (χ1v) is 9.42. The Morgan fingerprint density at radius 2 is 1.55 bits per heavy atom. The summed E-state index contributed by atoms with van der Waals surface area (Å²) in [6.07, 6.45) is 0. The van der Waals surface area contributed by atoms with E-state index < -0.39 is 35.9 Å². The number of rotatable bonds is 6. The van der Waals surface area contributed by atoms with Gasteiger partial charge < -0.3 is 10.1 Å². The van der Waals surface area contributed by atoms with E-state index in [0.29, 0.717) is 5.02 Å². The standard InChI is InChI=1S/C22H16Cl2FNO3/c23-16-11-9-15(10-12-16)21(14-5-2-1-3-6-14)26-19(27)13-29-22(28)20-17(24)7-4-8-18(20)25/h1-12,21H,13H2,(H,26,27). The van der Waals surface area contributed by atoms with Crippen LogP contribution in [0.4, 0.5) is 4.39 Å². The predicted octanol–water partition coefficient (Wildman–Crippen LogP) is 5.20.